The average molecular weight is 343 g/mol. The Morgan fingerprint density at radius 3 is 3.05 bits per heavy atom. The van der Waals surface area contributed by atoms with Crippen LogP contribution in [0.3, 0.4) is 0 Å². The van der Waals surface area contributed by atoms with Crippen LogP contribution in [0.2, 0.25) is 0 Å². The summed E-state index contributed by atoms with van der Waals surface area (Å²) in [6, 6.07) is 2.64. The molecule has 0 amide bonds. The number of rotatable bonds is 3. The molecule has 0 aliphatic carbocycles. The van der Waals surface area contributed by atoms with E-state index in [0.717, 1.165) is 29.0 Å². The number of ketones is 1. The van der Waals surface area contributed by atoms with Crippen molar-refractivity contribution in [1.29, 1.82) is 0 Å². The number of Topliss-reactive ketones (excluding diaryl/α,β-unsaturated/α-hetero) is 1. The Morgan fingerprint density at radius 2 is 2.26 bits per heavy atom. The highest BCUT2D eigenvalue weighted by Crippen LogP contribution is 2.25. The van der Waals surface area contributed by atoms with E-state index in [1.54, 1.807) is 0 Å². The van der Waals surface area contributed by atoms with Gasteiger partial charge in [-0.15, -0.1) is 11.3 Å². The molecule has 2 aliphatic rings. The standard InChI is InChI=1S/C14H19BrN2OS/c15-12-4-8-19-14(12)13(18)10-16-6-7-17-5-2-1-3-11(17)9-16/h4,8,11H,1-3,5-7,9-10H2. The summed E-state index contributed by atoms with van der Waals surface area (Å²) in [6.07, 6.45) is 3.99. The molecule has 5 heteroatoms. The maximum absolute atomic E-state index is 12.3. The van der Waals surface area contributed by atoms with Gasteiger partial charge in [0, 0.05) is 30.1 Å². The maximum Gasteiger partial charge on any atom is 0.187 e. The predicted octanol–water partition coefficient (Wildman–Crippen LogP) is 2.86. The van der Waals surface area contributed by atoms with Crippen LogP contribution in [-0.2, 0) is 0 Å². The summed E-state index contributed by atoms with van der Waals surface area (Å²) in [7, 11) is 0. The van der Waals surface area contributed by atoms with Gasteiger partial charge in [-0.1, -0.05) is 6.42 Å². The lowest BCUT2D eigenvalue weighted by atomic mass is 9.99. The van der Waals surface area contributed by atoms with Crippen molar-refractivity contribution in [3.05, 3.63) is 20.8 Å². The minimum absolute atomic E-state index is 0.256. The summed E-state index contributed by atoms with van der Waals surface area (Å²) in [5.74, 6) is 0.256. The molecule has 0 N–H and O–H groups in total. The minimum atomic E-state index is 0.256. The van der Waals surface area contributed by atoms with Crippen molar-refractivity contribution < 1.29 is 4.79 Å². The quantitative estimate of drug-likeness (QED) is 0.789. The van der Waals surface area contributed by atoms with E-state index in [1.807, 2.05) is 11.4 Å². The Hall–Kier alpha value is -0.230. The molecule has 2 fully saturated rings. The van der Waals surface area contributed by atoms with Crippen LogP contribution in [-0.4, -0.2) is 54.3 Å². The van der Waals surface area contributed by atoms with Gasteiger partial charge in [0.1, 0.15) is 0 Å². The second kappa shape index (κ2) is 6.04. The summed E-state index contributed by atoms with van der Waals surface area (Å²) in [5.41, 5.74) is 0. The first kappa shape index (κ1) is 13.7. The van der Waals surface area contributed by atoms with Crippen molar-refractivity contribution >= 4 is 33.0 Å². The molecule has 1 aromatic heterocycles. The molecule has 19 heavy (non-hydrogen) atoms. The van der Waals surface area contributed by atoms with Crippen LogP contribution in [0.15, 0.2) is 15.9 Å². The molecule has 1 atom stereocenters. The van der Waals surface area contributed by atoms with Gasteiger partial charge in [-0.05, 0) is 46.8 Å². The summed E-state index contributed by atoms with van der Waals surface area (Å²) < 4.78 is 0.943. The second-order valence-electron chi connectivity index (χ2n) is 5.44. The molecule has 2 saturated heterocycles. The predicted molar refractivity (Wildman–Crippen MR) is 82.0 cm³/mol. The van der Waals surface area contributed by atoms with Gasteiger partial charge in [0.25, 0.3) is 0 Å². The Kier molecular flexibility index (Phi) is 4.37. The fourth-order valence-corrected chi connectivity index (χ4v) is 4.66. The highest BCUT2D eigenvalue weighted by Gasteiger charge is 2.29. The van der Waals surface area contributed by atoms with Gasteiger partial charge < -0.3 is 0 Å². The van der Waals surface area contributed by atoms with Crippen LogP contribution < -0.4 is 0 Å². The third kappa shape index (κ3) is 3.10. The zero-order chi connectivity index (χ0) is 13.2. The molecule has 1 aromatic rings. The first-order valence-corrected chi connectivity index (χ1v) is 8.64. The SMILES string of the molecule is O=C(CN1CCN2CCCCC2C1)c1sccc1Br. The average Bonchev–Trinajstić information content (AvgIpc) is 2.85. The van der Waals surface area contributed by atoms with E-state index in [2.05, 4.69) is 25.7 Å². The van der Waals surface area contributed by atoms with E-state index >= 15 is 0 Å². The number of piperazine rings is 1. The van der Waals surface area contributed by atoms with Crippen LogP contribution in [0.25, 0.3) is 0 Å². The molecule has 0 radical (unpaired) electrons. The lowest BCUT2D eigenvalue weighted by Crippen LogP contribution is -2.55. The second-order valence-corrected chi connectivity index (χ2v) is 7.21. The van der Waals surface area contributed by atoms with E-state index in [4.69, 9.17) is 0 Å². The minimum Gasteiger partial charge on any atom is -0.298 e. The van der Waals surface area contributed by atoms with E-state index in [0.29, 0.717) is 12.6 Å². The monoisotopic (exact) mass is 342 g/mol. The van der Waals surface area contributed by atoms with Gasteiger partial charge in [0.05, 0.1) is 11.4 Å². The number of carbonyl (C=O) groups is 1. The first-order chi connectivity index (χ1) is 9.24. The number of piperidine rings is 1. The Bertz CT molecular complexity index is 462. The zero-order valence-corrected chi connectivity index (χ0v) is 13.4. The molecule has 2 aliphatic heterocycles. The number of carbonyl (C=O) groups excluding carboxylic acids is 1. The molecule has 0 spiro atoms. The van der Waals surface area contributed by atoms with Crippen LogP contribution in [0.5, 0.6) is 0 Å². The van der Waals surface area contributed by atoms with Crippen molar-refractivity contribution in [2.24, 2.45) is 0 Å². The summed E-state index contributed by atoms with van der Waals surface area (Å²) >= 11 is 4.99. The van der Waals surface area contributed by atoms with Gasteiger partial charge in [0.2, 0.25) is 0 Å². The fraction of sp³-hybridized carbons (Fsp3) is 0.643. The molecule has 0 aromatic carbocycles. The number of hydrogen-bond acceptors (Lipinski definition) is 4. The normalized spacial score (nSPS) is 25.2. The molecule has 3 nitrogen and oxygen atoms in total. The third-order valence-corrected chi connectivity index (χ3v) is 6.04. The molecule has 0 bridgehead atoms. The number of thiophene rings is 1. The van der Waals surface area contributed by atoms with Gasteiger partial charge in [-0.25, -0.2) is 0 Å². The Balaban J connectivity index is 1.59. The van der Waals surface area contributed by atoms with Gasteiger partial charge >= 0.3 is 0 Å². The largest absolute Gasteiger partial charge is 0.298 e. The van der Waals surface area contributed by atoms with Crippen molar-refractivity contribution in [1.82, 2.24) is 9.80 Å². The maximum atomic E-state index is 12.3. The van der Waals surface area contributed by atoms with Gasteiger partial charge in [-0.3, -0.25) is 14.6 Å². The molecule has 104 valence electrons. The number of hydrogen-bond donors (Lipinski definition) is 0. The first-order valence-electron chi connectivity index (χ1n) is 6.96. The Labute approximate surface area is 126 Å². The molecular weight excluding hydrogens is 324 g/mol. The van der Waals surface area contributed by atoms with Crippen molar-refractivity contribution in [3.8, 4) is 0 Å². The molecule has 1 unspecified atom stereocenters. The fourth-order valence-electron chi connectivity index (χ4n) is 3.13. The van der Waals surface area contributed by atoms with E-state index in [1.165, 1.54) is 37.1 Å². The van der Waals surface area contributed by atoms with Gasteiger partial charge in [0.15, 0.2) is 5.78 Å². The van der Waals surface area contributed by atoms with Crippen LogP contribution in [0, 0.1) is 0 Å². The number of nitrogens with zero attached hydrogens (tertiary/aromatic N) is 2. The van der Waals surface area contributed by atoms with Crippen molar-refractivity contribution in [2.45, 2.75) is 25.3 Å². The molecule has 3 heterocycles. The summed E-state index contributed by atoms with van der Waals surface area (Å²) in [6.45, 7) is 5.05. The van der Waals surface area contributed by atoms with Crippen LogP contribution in [0.1, 0.15) is 28.9 Å². The lowest BCUT2D eigenvalue weighted by Gasteiger charge is -2.43. The highest BCUT2D eigenvalue weighted by molar-refractivity contribution is 9.10. The van der Waals surface area contributed by atoms with Gasteiger partial charge in [-0.2, -0.15) is 0 Å². The topological polar surface area (TPSA) is 23.6 Å². The number of fused-ring (bicyclic) bond motifs is 1. The Morgan fingerprint density at radius 1 is 1.37 bits per heavy atom. The van der Waals surface area contributed by atoms with E-state index < -0.39 is 0 Å². The van der Waals surface area contributed by atoms with Crippen molar-refractivity contribution in [3.63, 3.8) is 0 Å². The molecule has 0 saturated carbocycles. The van der Waals surface area contributed by atoms with Crippen LogP contribution in [0.4, 0.5) is 0 Å². The summed E-state index contributed by atoms with van der Waals surface area (Å²) in [5, 5.41) is 1.97. The molecular formula is C14H19BrN2OS. The molecule has 3 rings (SSSR count). The zero-order valence-electron chi connectivity index (χ0n) is 11.0. The van der Waals surface area contributed by atoms with Crippen LogP contribution >= 0.6 is 27.3 Å². The number of halogens is 1. The van der Waals surface area contributed by atoms with Crippen molar-refractivity contribution in [2.75, 3.05) is 32.7 Å². The van der Waals surface area contributed by atoms with E-state index in [9.17, 15) is 4.79 Å². The smallest absolute Gasteiger partial charge is 0.187 e. The highest BCUT2D eigenvalue weighted by atomic mass is 79.9. The summed E-state index contributed by atoms with van der Waals surface area (Å²) in [4.78, 5) is 18.1. The lowest BCUT2D eigenvalue weighted by molar-refractivity contribution is 0.0470. The third-order valence-electron chi connectivity index (χ3n) is 4.16. The van der Waals surface area contributed by atoms with E-state index in [-0.39, 0.29) is 5.78 Å².